The molecule has 32 heavy (non-hydrogen) atoms. The van der Waals surface area contributed by atoms with Crippen LogP contribution in [0.3, 0.4) is 0 Å². The summed E-state index contributed by atoms with van der Waals surface area (Å²) in [5.74, 6) is -1.12. The number of ether oxygens (including phenoxy) is 1. The number of carbonyl (C=O) groups excluding carboxylic acids is 2. The Bertz CT molecular complexity index is 1340. The molecule has 5 rings (SSSR count). The third-order valence-electron chi connectivity index (χ3n) is 5.39. The van der Waals surface area contributed by atoms with Gasteiger partial charge in [-0.2, -0.15) is 0 Å². The first-order valence-electron chi connectivity index (χ1n) is 9.94. The van der Waals surface area contributed by atoms with Crippen molar-refractivity contribution in [3.8, 4) is 5.75 Å². The number of para-hydroxylation sites is 1. The number of benzene rings is 3. The van der Waals surface area contributed by atoms with Crippen molar-refractivity contribution < 1.29 is 19.4 Å². The number of ketones is 1. The number of hydrogen-bond donors (Lipinski definition) is 1. The minimum absolute atomic E-state index is 0.0220. The highest BCUT2D eigenvalue weighted by atomic mass is 32.1. The smallest absolute Gasteiger partial charge is 0.301 e. The second-order valence-electron chi connectivity index (χ2n) is 7.28. The topological polar surface area (TPSA) is 79.7 Å². The molecule has 1 unspecified atom stereocenters. The largest absolute Gasteiger partial charge is 0.507 e. The summed E-state index contributed by atoms with van der Waals surface area (Å²) in [4.78, 5) is 32.4. The number of nitrogens with zero attached hydrogens (tertiary/aromatic N) is 2. The van der Waals surface area contributed by atoms with Crippen molar-refractivity contribution in [2.24, 2.45) is 0 Å². The van der Waals surface area contributed by atoms with Crippen LogP contribution in [0.15, 0.2) is 84.4 Å². The lowest BCUT2D eigenvalue weighted by atomic mass is 9.95. The number of amides is 1. The van der Waals surface area contributed by atoms with Crippen LogP contribution in [0.1, 0.15) is 17.2 Å². The molecule has 2 heterocycles. The number of Topliss-reactive ketones (excluding diaryl/α,β-unsaturated/α-hetero) is 1. The lowest BCUT2D eigenvalue weighted by Crippen LogP contribution is -2.29. The van der Waals surface area contributed by atoms with E-state index in [0.29, 0.717) is 22.0 Å². The van der Waals surface area contributed by atoms with Crippen LogP contribution in [-0.4, -0.2) is 28.9 Å². The van der Waals surface area contributed by atoms with E-state index >= 15 is 0 Å². The Morgan fingerprint density at radius 1 is 1.00 bits per heavy atom. The summed E-state index contributed by atoms with van der Waals surface area (Å²) in [7, 11) is 1.55. The van der Waals surface area contributed by atoms with Crippen molar-refractivity contribution in [1.82, 2.24) is 4.98 Å². The molecule has 4 aromatic rings. The van der Waals surface area contributed by atoms with Crippen LogP contribution in [0.2, 0.25) is 0 Å². The standard InChI is InChI=1S/C25H18N2O4S/c1-31-17-11-7-10-16(14-17)21-20(22(28)15-8-3-2-4-9-15)23(29)24(30)27(21)25-26-18-12-5-6-13-19(18)32-25/h2-14,21,28H,1H3/b22-20-. The Labute approximate surface area is 188 Å². The van der Waals surface area contributed by atoms with E-state index in [1.165, 1.54) is 16.2 Å². The summed E-state index contributed by atoms with van der Waals surface area (Å²) in [5, 5.41) is 11.5. The first kappa shape index (κ1) is 20.0. The molecule has 3 aromatic carbocycles. The van der Waals surface area contributed by atoms with Gasteiger partial charge in [0.15, 0.2) is 5.13 Å². The zero-order chi connectivity index (χ0) is 22.2. The average Bonchev–Trinajstić information content (AvgIpc) is 3.37. The number of aromatic nitrogens is 1. The van der Waals surface area contributed by atoms with Crippen molar-refractivity contribution in [3.63, 3.8) is 0 Å². The Balaban J connectivity index is 1.75. The van der Waals surface area contributed by atoms with E-state index in [4.69, 9.17) is 4.74 Å². The maximum Gasteiger partial charge on any atom is 0.301 e. The zero-order valence-electron chi connectivity index (χ0n) is 17.1. The van der Waals surface area contributed by atoms with Crippen LogP contribution >= 0.6 is 11.3 Å². The monoisotopic (exact) mass is 442 g/mol. The van der Waals surface area contributed by atoms with E-state index in [9.17, 15) is 14.7 Å². The van der Waals surface area contributed by atoms with Gasteiger partial charge < -0.3 is 9.84 Å². The molecule has 1 amide bonds. The number of aliphatic hydroxyl groups excluding tert-OH is 1. The molecule has 6 nitrogen and oxygen atoms in total. The molecule has 1 saturated heterocycles. The predicted octanol–water partition coefficient (Wildman–Crippen LogP) is 4.93. The number of carbonyl (C=O) groups is 2. The number of anilines is 1. The summed E-state index contributed by atoms with van der Waals surface area (Å²) in [5.41, 5.74) is 1.86. The minimum atomic E-state index is -0.842. The predicted molar refractivity (Wildman–Crippen MR) is 124 cm³/mol. The molecule has 1 aliphatic rings. The van der Waals surface area contributed by atoms with Crippen LogP contribution in [0.5, 0.6) is 5.75 Å². The van der Waals surface area contributed by atoms with Gasteiger partial charge in [-0.05, 0) is 29.8 Å². The average molecular weight is 442 g/mol. The molecule has 1 aromatic heterocycles. The van der Waals surface area contributed by atoms with Gasteiger partial charge in [0.1, 0.15) is 11.5 Å². The van der Waals surface area contributed by atoms with Crippen molar-refractivity contribution in [2.75, 3.05) is 12.0 Å². The molecule has 1 atom stereocenters. The SMILES string of the molecule is COc1cccc(C2/C(=C(/O)c3ccccc3)C(=O)C(=O)N2c2nc3ccccc3s2)c1. The van der Waals surface area contributed by atoms with Gasteiger partial charge in [-0.25, -0.2) is 4.98 Å². The second kappa shape index (κ2) is 7.94. The van der Waals surface area contributed by atoms with Crippen LogP contribution in [0.25, 0.3) is 16.0 Å². The summed E-state index contributed by atoms with van der Waals surface area (Å²) in [6, 6.07) is 22.6. The number of fused-ring (bicyclic) bond motifs is 1. The van der Waals surface area contributed by atoms with Gasteiger partial charge in [0.2, 0.25) is 0 Å². The fourth-order valence-corrected chi connectivity index (χ4v) is 4.86. The quantitative estimate of drug-likeness (QED) is 0.275. The molecule has 0 aliphatic carbocycles. The van der Waals surface area contributed by atoms with Crippen molar-refractivity contribution in [3.05, 3.63) is 95.6 Å². The summed E-state index contributed by atoms with van der Waals surface area (Å²) in [6.07, 6.45) is 0. The minimum Gasteiger partial charge on any atom is -0.507 e. The van der Waals surface area contributed by atoms with Gasteiger partial charge in [-0.15, -0.1) is 0 Å². The van der Waals surface area contributed by atoms with Crippen molar-refractivity contribution >= 4 is 44.1 Å². The Morgan fingerprint density at radius 2 is 1.75 bits per heavy atom. The number of thiazole rings is 1. The number of aliphatic hydroxyl groups is 1. The number of rotatable bonds is 4. The summed E-state index contributed by atoms with van der Waals surface area (Å²) < 4.78 is 6.26. The molecule has 0 radical (unpaired) electrons. The maximum atomic E-state index is 13.2. The van der Waals surface area contributed by atoms with E-state index in [1.54, 1.807) is 55.6 Å². The van der Waals surface area contributed by atoms with Crippen LogP contribution < -0.4 is 9.64 Å². The number of hydrogen-bond acceptors (Lipinski definition) is 6. The first-order chi connectivity index (χ1) is 15.6. The lowest BCUT2D eigenvalue weighted by Gasteiger charge is -2.23. The van der Waals surface area contributed by atoms with E-state index < -0.39 is 17.7 Å². The van der Waals surface area contributed by atoms with Gasteiger partial charge in [-0.3, -0.25) is 14.5 Å². The van der Waals surface area contributed by atoms with Gasteiger partial charge in [0.05, 0.1) is 28.9 Å². The van der Waals surface area contributed by atoms with Crippen molar-refractivity contribution in [2.45, 2.75) is 6.04 Å². The van der Waals surface area contributed by atoms with Crippen molar-refractivity contribution in [1.29, 1.82) is 0 Å². The fraction of sp³-hybridized carbons (Fsp3) is 0.0800. The van der Waals surface area contributed by atoms with E-state index in [1.807, 2.05) is 30.3 Å². The Hall–Kier alpha value is -3.97. The van der Waals surface area contributed by atoms with Crippen LogP contribution in [0.4, 0.5) is 5.13 Å². The molecule has 158 valence electrons. The Morgan fingerprint density at radius 3 is 2.50 bits per heavy atom. The van der Waals surface area contributed by atoms with Gasteiger partial charge in [-0.1, -0.05) is 65.9 Å². The Kier molecular flexibility index (Phi) is 4.95. The van der Waals surface area contributed by atoms with Crippen LogP contribution in [0, 0.1) is 0 Å². The molecular formula is C25H18N2O4S. The van der Waals surface area contributed by atoms with Gasteiger partial charge in [0, 0.05) is 5.56 Å². The molecule has 1 fully saturated rings. The lowest BCUT2D eigenvalue weighted by molar-refractivity contribution is -0.132. The normalized spacial score (nSPS) is 17.8. The molecule has 1 N–H and O–H groups in total. The summed E-state index contributed by atoms with van der Waals surface area (Å²) in [6.45, 7) is 0. The van der Waals surface area contributed by atoms with Gasteiger partial charge >= 0.3 is 5.91 Å². The molecule has 0 bridgehead atoms. The third kappa shape index (κ3) is 3.23. The maximum absolute atomic E-state index is 13.2. The highest BCUT2D eigenvalue weighted by Gasteiger charge is 2.48. The molecule has 0 spiro atoms. The van der Waals surface area contributed by atoms with E-state index in [-0.39, 0.29) is 11.3 Å². The third-order valence-corrected chi connectivity index (χ3v) is 6.43. The highest BCUT2D eigenvalue weighted by molar-refractivity contribution is 7.22. The summed E-state index contributed by atoms with van der Waals surface area (Å²) >= 11 is 1.32. The molecule has 7 heteroatoms. The van der Waals surface area contributed by atoms with Gasteiger partial charge in [0.25, 0.3) is 5.78 Å². The first-order valence-corrected chi connectivity index (χ1v) is 10.8. The highest BCUT2D eigenvalue weighted by Crippen LogP contribution is 2.44. The zero-order valence-corrected chi connectivity index (χ0v) is 17.9. The number of methoxy groups -OCH3 is 1. The fourth-order valence-electron chi connectivity index (χ4n) is 3.87. The second-order valence-corrected chi connectivity index (χ2v) is 8.29. The molecule has 1 aliphatic heterocycles. The van der Waals surface area contributed by atoms with E-state index in [0.717, 1.165) is 10.2 Å². The molecule has 0 saturated carbocycles. The van der Waals surface area contributed by atoms with E-state index in [2.05, 4.69) is 4.98 Å². The molecular weight excluding hydrogens is 424 g/mol. The van der Waals surface area contributed by atoms with Crippen LogP contribution in [-0.2, 0) is 9.59 Å².